The molecule has 1 atom stereocenters. The smallest absolute Gasteiger partial charge is 0.237 e. The second-order valence-corrected chi connectivity index (χ2v) is 4.49. The van der Waals surface area contributed by atoms with Crippen molar-refractivity contribution >= 4 is 5.91 Å². The molecule has 0 saturated carbocycles. The summed E-state index contributed by atoms with van der Waals surface area (Å²) in [6.07, 6.45) is 3.05. The molecule has 0 aliphatic carbocycles. The van der Waals surface area contributed by atoms with E-state index in [1.165, 1.54) is 11.1 Å². The Morgan fingerprint density at radius 3 is 2.82 bits per heavy atom. The predicted molar refractivity (Wildman–Crippen MR) is 68.7 cm³/mol. The first-order chi connectivity index (χ1) is 8.31. The highest BCUT2D eigenvalue weighted by molar-refractivity contribution is 5.82. The van der Waals surface area contributed by atoms with Crippen LogP contribution in [0.2, 0.25) is 0 Å². The summed E-state index contributed by atoms with van der Waals surface area (Å²) < 4.78 is 0. The van der Waals surface area contributed by atoms with Crippen LogP contribution in [-0.4, -0.2) is 18.5 Å². The second kappa shape index (κ2) is 5.82. The van der Waals surface area contributed by atoms with E-state index in [1.807, 2.05) is 0 Å². The molecule has 1 heterocycles. The fourth-order valence-corrected chi connectivity index (χ4v) is 2.27. The number of hydrogen-bond donors (Lipinski definition) is 2. The van der Waals surface area contributed by atoms with Crippen molar-refractivity contribution in [3.8, 4) is 0 Å². The fourth-order valence-electron chi connectivity index (χ4n) is 2.27. The minimum atomic E-state index is -0.0198. The summed E-state index contributed by atoms with van der Waals surface area (Å²) in [5.41, 5.74) is 2.66. The van der Waals surface area contributed by atoms with Gasteiger partial charge in [0.25, 0.3) is 0 Å². The lowest BCUT2D eigenvalue weighted by Crippen LogP contribution is -2.47. The van der Waals surface area contributed by atoms with E-state index in [2.05, 4.69) is 41.8 Å². The fraction of sp³-hybridized carbons (Fsp3) is 0.500. The molecular formula is C14H20N2O. The largest absolute Gasteiger partial charge is 0.355 e. The maximum absolute atomic E-state index is 11.6. The number of carbonyl (C=O) groups excluding carboxylic acids is 1. The molecule has 1 fully saturated rings. The van der Waals surface area contributed by atoms with Gasteiger partial charge in [-0.3, -0.25) is 4.79 Å². The van der Waals surface area contributed by atoms with Crippen molar-refractivity contribution < 1.29 is 4.79 Å². The Bertz CT molecular complexity index is 390. The van der Waals surface area contributed by atoms with Crippen LogP contribution in [0.4, 0.5) is 0 Å². The van der Waals surface area contributed by atoms with Crippen molar-refractivity contribution in [2.75, 3.05) is 6.54 Å². The molecule has 0 aromatic heterocycles. The molecule has 1 aliphatic rings. The van der Waals surface area contributed by atoms with Crippen LogP contribution in [0.15, 0.2) is 24.3 Å². The van der Waals surface area contributed by atoms with Gasteiger partial charge in [0.05, 0.1) is 6.04 Å². The Morgan fingerprint density at radius 1 is 1.35 bits per heavy atom. The van der Waals surface area contributed by atoms with Crippen molar-refractivity contribution in [1.29, 1.82) is 0 Å². The minimum absolute atomic E-state index is 0.0198. The van der Waals surface area contributed by atoms with Gasteiger partial charge in [-0.25, -0.2) is 0 Å². The lowest BCUT2D eigenvalue weighted by Gasteiger charge is -2.23. The van der Waals surface area contributed by atoms with Gasteiger partial charge >= 0.3 is 0 Å². The molecule has 1 amide bonds. The van der Waals surface area contributed by atoms with Gasteiger partial charge in [-0.2, -0.15) is 0 Å². The quantitative estimate of drug-likeness (QED) is 0.828. The lowest BCUT2D eigenvalue weighted by molar-refractivity contribution is -0.124. The van der Waals surface area contributed by atoms with Crippen LogP contribution in [0.25, 0.3) is 0 Å². The Labute approximate surface area is 103 Å². The summed E-state index contributed by atoms with van der Waals surface area (Å²) in [5, 5.41) is 6.25. The van der Waals surface area contributed by atoms with Crippen molar-refractivity contribution in [3.63, 3.8) is 0 Å². The first-order valence-corrected chi connectivity index (χ1v) is 6.39. The first kappa shape index (κ1) is 12.1. The van der Waals surface area contributed by atoms with Crippen LogP contribution < -0.4 is 10.6 Å². The Morgan fingerprint density at radius 2 is 2.12 bits per heavy atom. The van der Waals surface area contributed by atoms with Crippen LogP contribution in [0, 0.1) is 0 Å². The summed E-state index contributed by atoms with van der Waals surface area (Å²) in [4.78, 5) is 11.6. The third-order valence-corrected chi connectivity index (χ3v) is 3.32. The van der Waals surface area contributed by atoms with E-state index in [1.54, 1.807) is 0 Å². The molecule has 0 radical (unpaired) electrons. The van der Waals surface area contributed by atoms with Gasteiger partial charge in [-0.1, -0.05) is 31.2 Å². The van der Waals surface area contributed by atoms with E-state index in [9.17, 15) is 4.79 Å². The number of piperidine rings is 1. The number of aryl methyl sites for hydroxylation is 1. The maximum atomic E-state index is 11.6. The van der Waals surface area contributed by atoms with E-state index in [0.717, 1.165) is 32.4 Å². The van der Waals surface area contributed by atoms with Gasteiger partial charge in [0, 0.05) is 13.1 Å². The van der Waals surface area contributed by atoms with Crippen molar-refractivity contribution in [2.24, 2.45) is 0 Å². The normalized spacial score (nSPS) is 20.1. The highest BCUT2D eigenvalue weighted by Crippen LogP contribution is 2.10. The molecule has 0 spiro atoms. The SMILES string of the molecule is CCc1ccccc1CNC1CCCNC1=O. The summed E-state index contributed by atoms with van der Waals surface area (Å²) >= 11 is 0. The molecule has 1 aliphatic heterocycles. The van der Waals surface area contributed by atoms with Crippen LogP contribution in [0.1, 0.15) is 30.9 Å². The zero-order valence-corrected chi connectivity index (χ0v) is 10.3. The molecule has 3 heteroatoms. The molecule has 1 saturated heterocycles. The van der Waals surface area contributed by atoms with Crippen LogP contribution in [0.3, 0.4) is 0 Å². The van der Waals surface area contributed by atoms with Crippen molar-refractivity contribution in [3.05, 3.63) is 35.4 Å². The molecule has 17 heavy (non-hydrogen) atoms. The number of rotatable bonds is 4. The molecule has 3 nitrogen and oxygen atoms in total. The Hall–Kier alpha value is -1.35. The molecule has 92 valence electrons. The summed E-state index contributed by atoms with van der Waals surface area (Å²) in [7, 11) is 0. The Kier molecular flexibility index (Phi) is 4.15. The summed E-state index contributed by atoms with van der Waals surface area (Å²) in [6, 6.07) is 8.38. The van der Waals surface area contributed by atoms with Gasteiger partial charge < -0.3 is 10.6 Å². The number of hydrogen-bond acceptors (Lipinski definition) is 2. The lowest BCUT2D eigenvalue weighted by atomic mass is 10.0. The zero-order chi connectivity index (χ0) is 12.1. The van der Waals surface area contributed by atoms with Gasteiger partial charge in [-0.15, -0.1) is 0 Å². The zero-order valence-electron chi connectivity index (χ0n) is 10.3. The minimum Gasteiger partial charge on any atom is -0.355 e. The van der Waals surface area contributed by atoms with Crippen LogP contribution >= 0.6 is 0 Å². The van der Waals surface area contributed by atoms with E-state index in [4.69, 9.17) is 0 Å². The third-order valence-electron chi connectivity index (χ3n) is 3.32. The topological polar surface area (TPSA) is 41.1 Å². The van der Waals surface area contributed by atoms with Gasteiger partial charge in [0.2, 0.25) is 5.91 Å². The highest BCUT2D eigenvalue weighted by Gasteiger charge is 2.20. The number of benzene rings is 1. The Balaban J connectivity index is 1.94. The van der Waals surface area contributed by atoms with Gasteiger partial charge in [-0.05, 0) is 30.4 Å². The first-order valence-electron chi connectivity index (χ1n) is 6.39. The van der Waals surface area contributed by atoms with E-state index in [0.29, 0.717) is 0 Å². The molecule has 2 rings (SSSR count). The van der Waals surface area contributed by atoms with Gasteiger partial charge in [0.1, 0.15) is 0 Å². The second-order valence-electron chi connectivity index (χ2n) is 4.49. The van der Waals surface area contributed by atoms with Gasteiger partial charge in [0.15, 0.2) is 0 Å². The third kappa shape index (κ3) is 3.07. The maximum Gasteiger partial charge on any atom is 0.237 e. The average molecular weight is 232 g/mol. The molecular weight excluding hydrogens is 212 g/mol. The number of carbonyl (C=O) groups is 1. The molecule has 1 unspecified atom stereocenters. The number of amides is 1. The molecule has 2 N–H and O–H groups in total. The van der Waals surface area contributed by atoms with Crippen LogP contribution in [-0.2, 0) is 17.8 Å². The highest BCUT2D eigenvalue weighted by atomic mass is 16.2. The average Bonchev–Trinajstić information content (AvgIpc) is 2.38. The van der Waals surface area contributed by atoms with E-state index in [-0.39, 0.29) is 11.9 Å². The summed E-state index contributed by atoms with van der Waals surface area (Å²) in [5.74, 6) is 0.144. The van der Waals surface area contributed by atoms with Crippen molar-refractivity contribution in [1.82, 2.24) is 10.6 Å². The molecule has 0 bridgehead atoms. The van der Waals surface area contributed by atoms with E-state index < -0.39 is 0 Å². The predicted octanol–water partition coefficient (Wildman–Crippen LogP) is 1.62. The number of nitrogens with one attached hydrogen (secondary N) is 2. The van der Waals surface area contributed by atoms with Crippen LogP contribution in [0.5, 0.6) is 0 Å². The van der Waals surface area contributed by atoms with Crippen molar-refractivity contribution in [2.45, 2.75) is 38.8 Å². The standard InChI is InChI=1S/C14H20N2O/c1-2-11-6-3-4-7-12(11)10-16-13-8-5-9-15-14(13)17/h3-4,6-7,13,16H,2,5,8-10H2,1H3,(H,15,17). The molecule has 1 aromatic carbocycles. The molecule has 1 aromatic rings. The van der Waals surface area contributed by atoms with E-state index >= 15 is 0 Å². The monoisotopic (exact) mass is 232 g/mol. The summed E-state index contributed by atoms with van der Waals surface area (Å²) in [6.45, 7) is 3.76.